The number of rotatable bonds is 6. The van der Waals surface area contributed by atoms with Gasteiger partial charge in [-0.2, -0.15) is 0 Å². The van der Waals surface area contributed by atoms with Crippen LogP contribution in [0.1, 0.15) is 39.9 Å². The van der Waals surface area contributed by atoms with E-state index in [0.29, 0.717) is 17.5 Å². The zero-order valence-corrected chi connectivity index (χ0v) is 19.0. The molecule has 0 aliphatic carbocycles. The number of ether oxygens (including phenoxy) is 1. The fraction of sp³-hybridized carbons (Fsp3) is 0.348. The lowest BCUT2D eigenvalue weighted by Crippen LogP contribution is -2.43. The van der Waals surface area contributed by atoms with Gasteiger partial charge in [0.2, 0.25) is 0 Å². The average Bonchev–Trinajstić information content (AvgIpc) is 3.27. The van der Waals surface area contributed by atoms with Crippen molar-refractivity contribution in [1.29, 1.82) is 0 Å². The van der Waals surface area contributed by atoms with Gasteiger partial charge in [0.05, 0.1) is 7.11 Å². The number of nitrogens with zero attached hydrogens (tertiary/aromatic N) is 3. The second-order valence-corrected chi connectivity index (χ2v) is 9.14. The van der Waals surface area contributed by atoms with Gasteiger partial charge in [0.15, 0.2) is 0 Å². The van der Waals surface area contributed by atoms with Crippen molar-refractivity contribution in [3.8, 4) is 5.75 Å². The van der Waals surface area contributed by atoms with Crippen molar-refractivity contribution in [3.05, 3.63) is 74.7 Å². The molecule has 0 radical (unpaired) electrons. The Morgan fingerprint density at radius 1 is 1.10 bits per heavy atom. The van der Waals surface area contributed by atoms with Crippen LogP contribution < -0.4 is 10.1 Å². The van der Waals surface area contributed by atoms with E-state index >= 15 is 0 Å². The number of nitrogens with one attached hydrogen (secondary N) is 1. The molecule has 0 spiro atoms. The van der Waals surface area contributed by atoms with Crippen LogP contribution in [0.3, 0.4) is 0 Å². The van der Waals surface area contributed by atoms with Gasteiger partial charge in [0.1, 0.15) is 15.8 Å². The van der Waals surface area contributed by atoms with Crippen LogP contribution >= 0.6 is 22.9 Å². The second kappa shape index (κ2) is 10.1. The van der Waals surface area contributed by atoms with E-state index in [0.717, 1.165) is 53.7 Å². The molecule has 1 N–H and O–H groups in total. The maximum atomic E-state index is 12.5. The predicted molar refractivity (Wildman–Crippen MR) is 123 cm³/mol. The van der Waals surface area contributed by atoms with Crippen LogP contribution in [0.15, 0.2) is 48.5 Å². The highest BCUT2D eigenvalue weighted by atomic mass is 35.5. The number of amides is 2. The summed E-state index contributed by atoms with van der Waals surface area (Å²) in [6.45, 7) is 1.95. The quantitative estimate of drug-likeness (QED) is 0.574. The van der Waals surface area contributed by atoms with E-state index in [2.05, 4.69) is 27.6 Å². The Labute approximate surface area is 191 Å². The van der Waals surface area contributed by atoms with Gasteiger partial charge in [-0.05, 0) is 48.2 Å². The maximum absolute atomic E-state index is 12.5. The first-order chi connectivity index (χ1) is 15.1. The van der Waals surface area contributed by atoms with Crippen LogP contribution in [0, 0.1) is 0 Å². The lowest BCUT2D eigenvalue weighted by Gasteiger charge is -2.31. The summed E-state index contributed by atoms with van der Waals surface area (Å²) >= 11 is 7.58. The highest BCUT2D eigenvalue weighted by Gasteiger charge is 2.26. The highest BCUT2D eigenvalue weighted by molar-refractivity contribution is 7.11. The summed E-state index contributed by atoms with van der Waals surface area (Å²) in [5.74, 6) is 1.22. The SMILES string of the molecule is COc1ccc(Cc2nnc(C3CCN(C(=O)NCc4ccc(Cl)cc4)CC3)s2)cc1. The van der Waals surface area contributed by atoms with Gasteiger partial charge in [-0.1, -0.05) is 35.9 Å². The molecule has 0 unspecified atom stereocenters. The third-order valence-corrected chi connectivity index (χ3v) is 6.82. The van der Waals surface area contributed by atoms with Gasteiger partial charge < -0.3 is 15.0 Å². The molecular weight excluding hydrogens is 432 g/mol. The number of carbonyl (C=O) groups excluding carboxylic acids is 1. The number of halogens is 1. The van der Waals surface area contributed by atoms with E-state index < -0.39 is 0 Å². The Morgan fingerprint density at radius 3 is 2.45 bits per heavy atom. The lowest BCUT2D eigenvalue weighted by atomic mass is 9.98. The number of hydrogen-bond donors (Lipinski definition) is 1. The molecule has 31 heavy (non-hydrogen) atoms. The highest BCUT2D eigenvalue weighted by Crippen LogP contribution is 2.31. The van der Waals surface area contributed by atoms with Crippen LogP contribution in [-0.2, 0) is 13.0 Å². The second-order valence-electron chi connectivity index (χ2n) is 7.61. The van der Waals surface area contributed by atoms with E-state index in [4.69, 9.17) is 16.3 Å². The maximum Gasteiger partial charge on any atom is 0.317 e. The molecule has 2 heterocycles. The van der Waals surface area contributed by atoms with Gasteiger partial charge in [0, 0.05) is 37.0 Å². The normalized spacial score (nSPS) is 14.5. The number of hydrogen-bond acceptors (Lipinski definition) is 5. The minimum atomic E-state index is -0.0224. The molecule has 0 atom stereocenters. The largest absolute Gasteiger partial charge is 0.497 e. The molecule has 1 aromatic heterocycles. The molecule has 1 fully saturated rings. The van der Waals surface area contributed by atoms with Crippen molar-refractivity contribution in [1.82, 2.24) is 20.4 Å². The number of urea groups is 1. The van der Waals surface area contributed by atoms with Crippen molar-refractivity contribution in [3.63, 3.8) is 0 Å². The van der Waals surface area contributed by atoms with Gasteiger partial charge in [0.25, 0.3) is 0 Å². The summed E-state index contributed by atoms with van der Waals surface area (Å²) in [6.07, 6.45) is 2.59. The minimum absolute atomic E-state index is 0.0224. The molecule has 2 amide bonds. The molecule has 6 nitrogen and oxygen atoms in total. The summed E-state index contributed by atoms with van der Waals surface area (Å²) in [7, 11) is 1.67. The first kappa shape index (κ1) is 21.6. The zero-order valence-electron chi connectivity index (χ0n) is 17.4. The average molecular weight is 457 g/mol. The number of methoxy groups -OCH3 is 1. The van der Waals surface area contributed by atoms with Crippen LogP contribution in [0.25, 0.3) is 0 Å². The van der Waals surface area contributed by atoms with Gasteiger partial charge >= 0.3 is 6.03 Å². The van der Waals surface area contributed by atoms with Crippen molar-refractivity contribution in [2.24, 2.45) is 0 Å². The third-order valence-electron chi connectivity index (χ3n) is 5.49. The predicted octanol–water partition coefficient (Wildman–Crippen LogP) is 4.88. The Bertz CT molecular complexity index is 999. The van der Waals surface area contributed by atoms with E-state index in [9.17, 15) is 4.79 Å². The summed E-state index contributed by atoms with van der Waals surface area (Å²) < 4.78 is 5.21. The summed E-state index contributed by atoms with van der Waals surface area (Å²) in [5.41, 5.74) is 2.22. The fourth-order valence-corrected chi connectivity index (χ4v) is 4.81. The van der Waals surface area contributed by atoms with Crippen LogP contribution in [-0.4, -0.2) is 41.3 Å². The number of likely N-dealkylation sites (tertiary alicyclic amines) is 1. The molecular formula is C23H25ClN4O2S. The molecule has 1 aliphatic heterocycles. The first-order valence-corrected chi connectivity index (χ1v) is 11.5. The van der Waals surface area contributed by atoms with Gasteiger partial charge in [-0.25, -0.2) is 4.79 Å². The molecule has 1 aliphatic rings. The number of carbonyl (C=O) groups is 1. The molecule has 1 saturated heterocycles. The molecule has 4 rings (SSSR count). The van der Waals surface area contributed by atoms with Crippen LogP contribution in [0.2, 0.25) is 5.02 Å². The molecule has 8 heteroatoms. The van der Waals surface area contributed by atoms with E-state index in [1.807, 2.05) is 41.3 Å². The summed E-state index contributed by atoms with van der Waals surface area (Å²) in [5, 5.41) is 14.6. The standard InChI is InChI=1S/C23H25ClN4O2S/c1-30-20-8-4-16(5-9-20)14-21-26-27-22(31-21)18-10-12-28(13-11-18)23(29)25-15-17-2-6-19(24)7-3-17/h2-9,18H,10-15H2,1H3,(H,25,29). The molecule has 3 aromatic rings. The molecule has 0 saturated carbocycles. The summed E-state index contributed by atoms with van der Waals surface area (Å²) in [6, 6.07) is 15.5. The van der Waals surface area contributed by atoms with E-state index in [1.165, 1.54) is 5.56 Å². The van der Waals surface area contributed by atoms with Crippen molar-refractivity contribution < 1.29 is 9.53 Å². The Hall–Kier alpha value is -2.64. The number of benzene rings is 2. The van der Waals surface area contributed by atoms with E-state index in [1.54, 1.807) is 18.4 Å². The number of piperidine rings is 1. The Morgan fingerprint density at radius 2 is 1.77 bits per heavy atom. The fourth-order valence-electron chi connectivity index (χ4n) is 3.64. The van der Waals surface area contributed by atoms with Gasteiger partial charge in [-0.3, -0.25) is 0 Å². The zero-order chi connectivity index (χ0) is 21.6. The lowest BCUT2D eigenvalue weighted by molar-refractivity contribution is 0.181. The van der Waals surface area contributed by atoms with Gasteiger partial charge in [-0.15, -0.1) is 21.5 Å². The van der Waals surface area contributed by atoms with Crippen molar-refractivity contribution in [2.75, 3.05) is 20.2 Å². The third kappa shape index (κ3) is 5.74. The smallest absolute Gasteiger partial charge is 0.317 e. The topological polar surface area (TPSA) is 67.4 Å². The number of aromatic nitrogens is 2. The first-order valence-electron chi connectivity index (χ1n) is 10.3. The Kier molecular flexibility index (Phi) is 7.04. The van der Waals surface area contributed by atoms with Crippen molar-refractivity contribution >= 4 is 29.0 Å². The van der Waals surface area contributed by atoms with Crippen LogP contribution in [0.4, 0.5) is 4.79 Å². The Balaban J connectivity index is 1.25. The molecule has 162 valence electrons. The van der Waals surface area contributed by atoms with Crippen LogP contribution in [0.5, 0.6) is 5.75 Å². The van der Waals surface area contributed by atoms with E-state index in [-0.39, 0.29) is 6.03 Å². The van der Waals surface area contributed by atoms with Crippen molar-refractivity contribution in [2.45, 2.75) is 31.7 Å². The minimum Gasteiger partial charge on any atom is -0.497 e. The molecule has 0 bridgehead atoms. The monoisotopic (exact) mass is 456 g/mol. The molecule has 2 aromatic carbocycles. The summed E-state index contributed by atoms with van der Waals surface area (Å²) in [4.78, 5) is 14.4.